The third-order valence-electron chi connectivity index (χ3n) is 4.29. The zero-order chi connectivity index (χ0) is 21.7. The number of carbonyl (C=O) groups excluding carboxylic acids is 2. The number of anilines is 3. The van der Waals surface area contributed by atoms with E-state index in [-0.39, 0.29) is 18.2 Å². The minimum atomic E-state index is -4.42. The van der Waals surface area contributed by atoms with Crippen LogP contribution >= 0.6 is 0 Å². The number of benzene rings is 3. The SMILES string of the molecule is Nc1ccccc1NC(=O)c1ccc(NC(=O)Cc2ccc(C(F)(F)F)cc2)cc1. The Morgan fingerprint density at radius 3 is 2.07 bits per heavy atom. The Bertz CT molecular complexity index is 1050. The topological polar surface area (TPSA) is 84.2 Å². The maximum Gasteiger partial charge on any atom is 0.416 e. The Kier molecular flexibility index (Phi) is 6.06. The van der Waals surface area contributed by atoms with E-state index >= 15 is 0 Å². The number of para-hydroxylation sites is 2. The maximum atomic E-state index is 12.6. The Labute approximate surface area is 170 Å². The molecule has 154 valence electrons. The largest absolute Gasteiger partial charge is 0.416 e. The van der Waals surface area contributed by atoms with E-state index in [1.165, 1.54) is 12.1 Å². The van der Waals surface area contributed by atoms with Gasteiger partial charge in [-0.3, -0.25) is 9.59 Å². The van der Waals surface area contributed by atoms with Crippen molar-refractivity contribution < 1.29 is 22.8 Å². The predicted octanol–water partition coefficient (Wildman–Crippen LogP) is 4.72. The highest BCUT2D eigenvalue weighted by atomic mass is 19.4. The molecule has 0 spiro atoms. The van der Waals surface area contributed by atoms with Crippen LogP contribution in [-0.2, 0) is 17.4 Å². The molecule has 0 aromatic heterocycles. The summed E-state index contributed by atoms with van der Waals surface area (Å²) in [5.41, 5.74) is 7.26. The number of alkyl halides is 3. The highest BCUT2D eigenvalue weighted by Crippen LogP contribution is 2.29. The number of nitrogen functional groups attached to an aromatic ring is 1. The van der Waals surface area contributed by atoms with Crippen LogP contribution in [0.25, 0.3) is 0 Å². The van der Waals surface area contributed by atoms with E-state index in [1.807, 2.05) is 0 Å². The Hall–Kier alpha value is -3.81. The smallest absolute Gasteiger partial charge is 0.397 e. The zero-order valence-electron chi connectivity index (χ0n) is 15.7. The van der Waals surface area contributed by atoms with E-state index in [2.05, 4.69) is 10.6 Å². The monoisotopic (exact) mass is 413 g/mol. The third-order valence-corrected chi connectivity index (χ3v) is 4.29. The van der Waals surface area contributed by atoms with Crippen LogP contribution in [0.3, 0.4) is 0 Å². The van der Waals surface area contributed by atoms with E-state index in [0.29, 0.717) is 28.2 Å². The van der Waals surface area contributed by atoms with Gasteiger partial charge in [-0.2, -0.15) is 13.2 Å². The van der Waals surface area contributed by atoms with Crippen LogP contribution in [0.2, 0.25) is 0 Å². The molecule has 0 fully saturated rings. The average Bonchev–Trinajstić information content (AvgIpc) is 2.70. The molecule has 0 saturated carbocycles. The van der Waals surface area contributed by atoms with Crippen LogP contribution < -0.4 is 16.4 Å². The van der Waals surface area contributed by atoms with Crippen LogP contribution in [0.1, 0.15) is 21.5 Å². The van der Waals surface area contributed by atoms with Crippen molar-refractivity contribution in [2.75, 3.05) is 16.4 Å². The van der Waals surface area contributed by atoms with Crippen LogP contribution in [-0.4, -0.2) is 11.8 Å². The maximum absolute atomic E-state index is 12.6. The van der Waals surface area contributed by atoms with Crippen molar-refractivity contribution in [3.8, 4) is 0 Å². The van der Waals surface area contributed by atoms with E-state index in [9.17, 15) is 22.8 Å². The second-order valence-electron chi connectivity index (χ2n) is 6.54. The van der Waals surface area contributed by atoms with Crippen molar-refractivity contribution in [1.29, 1.82) is 0 Å². The molecule has 0 aliphatic carbocycles. The first-order valence-electron chi connectivity index (χ1n) is 8.94. The molecule has 0 unspecified atom stereocenters. The molecule has 2 amide bonds. The summed E-state index contributed by atoms with van der Waals surface area (Å²) in [6, 6.07) is 17.5. The van der Waals surface area contributed by atoms with Crippen molar-refractivity contribution >= 4 is 28.9 Å². The molecule has 0 heterocycles. The number of nitrogens with one attached hydrogen (secondary N) is 2. The second-order valence-corrected chi connectivity index (χ2v) is 6.54. The van der Waals surface area contributed by atoms with Crippen molar-refractivity contribution in [2.24, 2.45) is 0 Å². The highest BCUT2D eigenvalue weighted by molar-refractivity contribution is 6.06. The number of hydrogen-bond acceptors (Lipinski definition) is 3. The van der Waals surface area contributed by atoms with Gasteiger partial charge in [0.2, 0.25) is 5.91 Å². The average molecular weight is 413 g/mol. The minimum Gasteiger partial charge on any atom is -0.397 e. The zero-order valence-corrected chi connectivity index (χ0v) is 15.7. The summed E-state index contributed by atoms with van der Waals surface area (Å²) in [6.07, 6.45) is -4.49. The van der Waals surface area contributed by atoms with Gasteiger partial charge in [-0.15, -0.1) is 0 Å². The van der Waals surface area contributed by atoms with Gasteiger partial charge in [-0.25, -0.2) is 0 Å². The number of halogens is 3. The van der Waals surface area contributed by atoms with Gasteiger partial charge in [0.1, 0.15) is 0 Å². The first-order chi connectivity index (χ1) is 14.2. The molecule has 0 aliphatic heterocycles. The van der Waals surface area contributed by atoms with Crippen LogP contribution in [0, 0.1) is 0 Å². The highest BCUT2D eigenvalue weighted by Gasteiger charge is 2.29. The summed E-state index contributed by atoms with van der Waals surface area (Å²) < 4.78 is 37.8. The third kappa shape index (κ3) is 5.38. The quantitative estimate of drug-likeness (QED) is 0.529. The molecule has 5 nitrogen and oxygen atoms in total. The Morgan fingerprint density at radius 1 is 0.833 bits per heavy atom. The molecule has 3 aromatic rings. The second kappa shape index (κ2) is 8.69. The molecule has 0 radical (unpaired) electrons. The van der Waals surface area contributed by atoms with E-state index < -0.39 is 11.7 Å². The lowest BCUT2D eigenvalue weighted by Crippen LogP contribution is -2.15. The van der Waals surface area contributed by atoms with Gasteiger partial charge >= 0.3 is 6.18 Å². The molecule has 0 saturated heterocycles. The van der Waals surface area contributed by atoms with Crippen molar-refractivity contribution in [2.45, 2.75) is 12.6 Å². The summed E-state index contributed by atoms with van der Waals surface area (Å²) in [5.74, 6) is -0.737. The van der Waals surface area contributed by atoms with Gasteiger partial charge in [-0.05, 0) is 54.1 Å². The van der Waals surface area contributed by atoms with Gasteiger partial charge < -0.3 is 16.4 Å². The molecule has 3 aromatic carbocycles. The lowest BCUT2D eigenvalue weighted by atomic mass is 10.1. The summed E-state index contributed by atoms with van der Waals surface area (Å²) in [5, 5.41) is 5.35. The number of carbonyl (C=O) groups is 2. The van der Waals surface area contributed by atoms with Gasteiger partial charge in [0.25, 0.3) is 5.91 Å². The fraction of sp³-hybridized carbons (Fsp3) is 0.0909. The predicted molar refractivity (Wildman–Crippen MR) is 109 cm³/mol. The molecular weight excluding hydrogens is 395 g/mol. The molecule has 0 aliphatic rings. The normalized spacial score (nSPS) is 11.0. The van der Waals surface area contributed by atoms with E-state index in [4.69, 9.17) is 5.73 Å². The number of amides is 2. The van der Waals surface area contributed by atoms with Crippen molar-refractivity contribution in [3.05, 3.63) is 89.5 Å². The summed E-state index contributed by atoms with van der Waals surface area (Å²) >= 11 is 0. The van der Waals surface area contributed by atoms with Crippen molar-refractivity contribution in [1.82, 2.24) is 0 Å². The molecular formula is C22H18F3N3O2. The van der Waals surface area contributed by atoms with Crippen molar-refractivity contribution in [3.63, 3.8) is 0 Å². The van der Waals surface area contributed by atoms with Gasteiger partial charge in [0.15, 0.2) is 0 Å². The Morgan fingerprint density at radius 2 is 1.47 bits per heavy atom. The lowest BCUT2D eigenvalue weighted by Gasteiger charge is -2.10. The summed E-state index contributed by atoms with van der Waals surface area (Å²) in [7, 11) is 0. The number of rotatable bonds is 5. The van der Waals surface area contributed by atoms with E-state index in [0.717, 1.165) is 12.1 Å². The fourth-order valence-corrected chi connectivity index (χ4v) is 2.71. The van der Waals surface area contributed by atoms with Gasteiger partial charge in [0.05, 0.1) is 23.4 Å². The molecule has 3 rings (SSSR count). The summed E-state index contributed by atoms with van der Waals surface area (Å²) in [4.78, 5) is 24.4. The Balaban J connectivity index is 1.58. The number of nitrogens with two attached hydrogens (primary N) is 1. The first kappa shape index (κ1) is 20.9. The van der Waals surface area contributed by atoms with E-state index in [1.54, 1.807) is 48.5 Å². The summed E-state index contributed by atoms with van der Waals surface area (Å²) in [6.45, 7) is 0. The van der Waals surface area contributed by atoms with Crippen LogP contribution in [0.15, 0.2) is 72.8 Å². The van der Waals surface area contributed by atoms with Crippen LogP contribution in [0.5, 0.6) is 0 Å². The molecule has 4 N–H and O–H groups in total. The van der Waals surface area contributed by atoms with Gasteiger partial charge in [-0.1, -0.05) is 24.3 Å². The lowest BCUT2D eigenvalue weighted by molar-refractivity contribution is -0.137. The molecule has 30 heavy (non-hydrogen) atoms. The molecule has 0 bridgehead atoms. The number of hydrogen-bond donors (Lipinski definition) is 3. The van der Waals surface area contributed by atoms with Crippen LogP contribution in [0.4, 0.5) is 30.2 Å². The first-order valence-corrected chi connectivity index (χ1v) is 8.94. The van der Waals surface area contributed by atoms with Gasteiger partial charge in [0, 0.05) is 11.3 Å². The molecule has 8 heteroatoms. The fourth-order valence-electron chi connectivity index (χ4n) is 2.71. The standard InChI is InChI=1S/C22H18F3N3O2/c23-22(24,25)16-9-5-14(6-10-16)13-20(29)27-17-11-7-15(8-12-17)21(30)28-19-4-2-1-3-18(19)26/h1-12H,13,26H2,(H,27,29)(H,28,30). The molecule has 0 atom stereocenters. The minimum absolute atomic E-state index is 0.0757.